The third-order valence-electron chi connectivity index (χ3n) is 5.13. The van der Waals surface area contributed by atoms with Gasteiger partial charge in [-0.2, -0.15) is 0 Å². The van der Waals surface area contributed by atoms with E-state index in [0.717, 1.165) is 43.0 Å². The average molecular weight is 445 g/mol. The number of sulfonamides is 1. The molecule has 1 heterocycles. The summed E-state index contributed by atoms with van der Waals surface area (Å²) in [5.41, 5.74) is 1.68. The van der Waals surface area contributed by atoms with Gasteiger partial charge in [-0.25, -0.2) is 17.7 Å². The highest BCUT2D eigenvalue weighted by Crippen LogP contribution is 2.23. The number of ether oxygens (including phenoxy) is 1. The Morgan fingerprint density at radius 1 is 1.06 bits per heavy atom. The van der Waals surface area contributed by atoms with E-state index >= 15 is 0 Å². The monoisotopic (exact) mass is 444 g/mol. The lowest BCUT2D eigenvalue weighted by Gasteiger charge is -2.17. The SMILES string of the molecule is CCCn1c(CN(C)CCCOc2ccccc2)nc2cc(S(=O)(=O)N(C)C)ccc21. The van der Waals surface area contributed by atoms with Crippen LogP contribution in [0.3, 0.4) is 0 Å². The van der Waals surface area contributed by atoms with Crippen molar-refractivity contribution in [2.24, 2.45) is 0 Å². The Bertz CT molecular complexity index is 1090. The molecule has 0 bridgehead atoms. The van der Waals surface area contributed by atoms with E-state index < -0.39 is 10.0 Å². The number of hydrogen-bond acceptors (Lipinski definition) is 5. The summed E-state index contributed by atoms with van der Waals surface area (Å²) in [6.07, 6.45) is 1.88. The van der Waals surface area contributed by atoms with Gasteiger partial charge >= 0.3 is 0 Å². The number of fused-ring (bicyclic) bond motifs is 1. The van der Waals surface area contributed by atoms with Crippen LogP contribution in [0.1, 0.15) is 25.6 Å². The minimum Gasteiger partial charge on any atom is -0.494 e. The molecule has 3 aromatic rings. The summed E-state index contributed by atoms with van der Waals surface area (Å²) in [6, 6.07) is 15.0. The summed E-state index contributed by atoms with van der Waals surface area (Å²) in [7, 11) is 1.66. The van der Waals surface area contributed by atoms with Crippen LogP contribution in [0, 0.1) is 0 Å². The lowest BCUT2D eigenvalue weighted by Crippen LogP contribution is -2.23. The minimum atomic E-state index is -3.49. The van der Waals surface area contributed by atoms with Gasteiger partial charge in [0.05, 0.1) is 29.1 Å². The van der Waals surface area contributed by atoms with E-state index in [1.807, 2.05) is 36.4 Å². The highest BCUT2D eigenvalue weighted by atomic mass is 32.2. The topological polar surface area (TPSA) is 67.7 Å². The first kappa shape index (κ1) is 23.2. The van der Waals surface area contributed by atoms with Crippen LogP contribution in [0.5, 0.6) is 5.75 Å². The van der Waals surface area contributed by atoms with Crippen LogP contribution in [-0.2, 0) is 23.1 Å². The first-order valence-corrected chi connectivity index (χ1v) is 12.0. The molecule has 0 atom stereocenters. The van der Waals surface area contributed by atoms with Gasteiger partial charge in [0, 0.05) is 27.2 Å². The molecular formula is C23H32N4O3S. The molecule has 0 unspecified atom stereocenters. The van der Waals surface area contributed by atoms with Gasteiger partial charge in [0.15, 0.2) is 0 Å². The van der Waals surface area contributed by atoms with E-state index in [9.17, 15) is 8.42 Å². The quantitative estimate of drug-likeness (QED) is 0.423. The van der Waals surface area contributed by atoms with Crippen LogP contribution >= 0.6 is 0 Å². The van der Waals surface area contributed by atoms with Crippen molar-refractivity contribution < 1.29 is 13.2 Å². The molecule has 8 heteroatoms. The molecule has 0 saturated heterocycles. The van der Waals surface area contributed by atoms with Crippen molar-refractivity contribution in [2.75, 3.05) is 34.3 Å². The minimum absolute atomic E-state index is 0.268. The maximum absolute atomic E-state index is 12.5. The zero-order valence-corrected chi connectivity index (χ0v) is 19.6. The summed E-state index contributed by atoms with van der Waals surface area (Å²) in [5, 5.41) is 0. The molecule has 1 aromatic heterocycles. The average Bonchev–Trinajstić information content (AvgIpc) is 3.08. The van der Waals surface area contributed by atoms with E-state index in [-0.39, 0.29) is 4.90 Å². The van der Waals surface area contributed by atoms with Gasteiger partial charge in [-0.05, 0) is 50.2 Å². The van der Waals surface area contributed by atoms with E-state index in [2.05, 4.69) is 23.4 Å². The van der Waals surface area contributed by atoms with Gasteiger partial charge < -0.3 is 9.30 Å². The van der Waals surface area contributed by atoms with Crippen LogP contribution in [0.15, 0.2) is 53.4 Å². The summed E-state index contributed by atoms with van der Waals surface area (Å²) in [6.45, 7) is 5.20. The summed E-state index contributed by atoms with van der Waals surface area (Å²) in [4.78, 5) is 7.28. The van der Waals surface area contributed by atoms with E-state index in [4.69, 9.17) is 9.72 Å². The number of benzene rings is 2. The number of nitrogens with zero attached hydrogens (tertiary/aromatic N) is 4. The molecule has 0 aliphatic heterocycles. The zero-order valence-electron chi connectivity index (χ0n) is 18.8. The van der Waals surface area contributed by atoms with Gasteiger partial charge in [0.1, 0.15) is 11.6 Å². The Morgan fingerprint density at radius 2 is 1.81 bits per heavy atom. The molecule has 0 spiro atoms. The van der Waals surface area contributed by atoms with Crippen LogP contribution in [0.2, 0.25) is 0 Å². The molecule has 7 nitrogen and oxygen atoms in total. The Labute approximate surface area is 185 Å². The molecular weight excluding hydrogens is 412 g/mol. The molecule has 0 aliphatic rings. The van der Waals surface area contributed by atoms with Gasteiger partial charge in [-0.3, -0.25) is 4.90 Å². The standard InChI is InChI=1S/C23H32N4O3S/c1-5-14-27-22-13-12-20(31(28,29)25(2)3)17-21(22)24-23(27)18-26(4)15-9-16-30-19-10-7-6-8-11-19/h6-8,10-13,17H,5,9,14-16,18H2,1-4H3. The van der Waals surface area contributed by atoms with Gasteiger partial charge in [-0.1, -0.05) is 25.1 Å². The molecule has 0 saturated carbocycles. The Balaban J connectivity index is 1.70. The normalized spacial score (nSPS) is 12.2. The van der Waals surface area contributed by atoms with Crippen molar-refractivity contribution in [3.8, 4) is 5.75 Å². The number of rotatable bonds is 11. The number of aryl methyl sites for hydroxylation is 1. The molecule has 2 aromatic carbocycles. The van der Waals surface area contributed by atoms with E-state index in [1.165, 1.54) is 18.4 Å². The Hall–Kier alpha value is -2.42. The molecule has 0 radical (unpaired) electrons. The fourth-order valence-electron chi connectivity index (χ4n) is 3.49. The van der Waals surface area contributed by atoms with Crippen LogP contribution in [0.4, 0.5) is 0 Å². The molecule has 0 amide bonds. The van der Waals surface area contributed by atoms with Crippen molar-refractivity contribution >= 4 is 21.1 Å². The van der Waals surface area contributed by atoms with Crippen molar-refractivity contribution in [3.63, 3.8) is 0 Å². The number of para-hydroxylation sites is 1. The smallest absolute Gasteiger partial charge is 0.242 e. The van der Waals surface area contributed by atoms with Crippen molar-refractivity contribution in [1.82, 2.24) is 18.8 Å². The van der Waals surface area contributed by atoms with Crippen LogP contribution in [0.25, 0.3) is 11.0 Å². The fourth-order valence-corrected chi connectivity index (χ4v) is 4.41. The number of hydrogen-bond donors (Lipinski definition) is 0. The highest BCUT2D eigenvalue weighted by molar-refractivity contribution is 7.89. The predicted molar refractivity (Wildman–Crippen MR) is 124 cm³/mol. The van der Waals surface area contributed by atoms with E-state index in [0.29, 0.717) is 18.7 Å². The predicted octanol–water partition coefficient (Wildman–Crippen LogP) is 3.60. The van der Waals surface area contributed by atoms with Crippen LogP contribution < -0.4 is 4.74 Å². The summed E-state index contributed by atoms with van der Waals surface area (Å²) in [5.74, 6) is 1.83. The van der Waals surface area contributed by atoms with Gasteiger partial charge in [0.25, 0.3) is 0 Å². The lowest BCUT2D eigenvalue weighted by atomic mass is 10.3. The largest absolute Gasteiger partial charge is 0.494 e. The van der Waals surface area contributed by atoms with Crippen molar-refractivity contribution in [3.05, 3.63) is 54.4 Å². The first-order chi connectivity index (χ1) is 14.8. The Morgan fingerprint density at radius 3 is 2.48 bits per heavy atom. The first-order valence-electron chi connectivity index (χ1n) is 10.6. The van der Waals surface area contributed by atoms with Gasteiger partial charge in [-0.15, -0.1) is 0 Å². The fraction of sp³-hybridized carbons (Fsp3) is 0.435. The number of aromatic nitrogens is 2. The molecule has 3 rings (SSSR count). The Kier molecular flexibility index (Phi) is 7.69. The summed E-state index contributed by atoms with van der Waals surface area (Å²) < 4.78 is 34.2. The molecule has 168 valence electrons. The second kappa shape index (κ2) is 10.3. The van der Waals surface area contributed by atoms with Gasteiger partial charge in [0.2, 0.25) is 10.0 Å². The highest BCUT2D eigenvalue weighted by Gasteiger charge is 2.20. The molecule has 0 N–H and O–H groups in total. The zero-order chi connectivity index (χ0) is 22.4. The lowest BCUT2D eigenvalue weighted by molar-refractivity contribution is 0.254. The second-order valence-electron chi connectivity index (χ2n) is 7.87. The third kappa shape index (κ3) is 5.64. The number of imidazole rings is 1. The summed E-state index contributed by atoms with van der Waals surface area (Å²) >= 11 is 0. The van der Waals surface area contributed by atoms with Crippen LogP contribution in [-0.4, -0.2) is 61.5 Å². The maximum Gasteiger partial charge on any atom is 0.242 e. The molecule has 31 heavy (non-hydrogen) atoms. The maximum atomic E-state index is 12.5. The molecule has 0 aliphatic carbocycles. The van der Waals surface area contributed by atoms with Crippen molar-refractivity contribution in [1.29, 1.82) is 0 Å². The second-order valence-corrected chi connectivity index (χ2v) is 10.0. The van der Waals surface area contributed by atoms with Crippen molar-refractivity contribution in [2.45, 2.75) is 37.8 Å². The molecule has 0 fully saturated rings. The van der Waals surface area contributed by atoms with E-state index in [1.54, 1.807) is 12.1 Å². The third-order valence-corrected chi connectivity index (χ3v) is 6.94.